The summed E-state index contributed by atoms with van der Waals surface area (Å²) in [4.78, 5) is 0. The minimum absolute atomic E-state index is 0.130. The van der Waals surface area contributed by atoms with Crippen LogP contribution in [0.2, 0.25) is 0 Å². The van der Waals surface area contributed by atoms with Crippen molar-refractivity contribution in [1.29, 1.82) is 0 Å². The van der Waals surface area contributed by atoms with Gasteiger partial charge >= 0.3 is 0 Å². The van der Waals surface area contributed by atoms with Crippen molar-refractivity contribution < 1.29 is 9.94 Å². The highest BCUT2D eigenvalue weighted by Gasteiger charge is 2.16. The molecule has 0 radical (unpaired) electrons. The van der Waals surface area contributed by atoms with Crippen molar-refractivity contribution in [3.05, 3.63) is 77.4 Å². The summed E-state index contributed by atoms with van der Waals surface area (Å²) in [6.45, 7) is 2.25. The molecule has 0 aliphatic heterocycles. The molecule has 0 saturated heterocycles. The van der Waals surface area contributed by atoms with Crippen LogP contribution in [0.1, 0.15) is 55.2 Å². The minimum Gasteiger partial charge on any atom is -0.490 e. The molecule has 4 heteroatoms. The Bertz CT molecular complexity index is 1010. The lowest BCUT2D eigenvalue weighted by Gasteiger charge is -2.16. The Morgan fingerprint density at radius 3 is 2.48 bits per heavy atom. The van der Waals surface area contributed by atoms with Crippen LogP contribution in [-0.4, -0.2) is 17.1 Å². The van der Waals surface area contributed by atoms with Gasteiger partial charge in [0.1, 0.15) is 5.75 Å². The third kappa shape index (κ3) is 4.53. The second kappa shape index (κ2) is 8.56. The van der Waals surface area contributed by atoms with E-state index < -0.39 is 0 Å². The number of hydrogen-bond acceptors (Lipinski definition) is 3. The molecule has 1 atom stereocenters. The Balaban J connectivity index is 1.46. The van der Waals surface area contributed by atoms with E-state index in [-0.39, 0.29) is 5.84 Å². The Hall–Kier alpha value is -3.01. The number of nitrogens with two attached hydrogens (primary N) is 1. The quantitative estimate of drug-likeness (QED) is 0.250. The predicted molar refractivity (Wildman–Crippen MR) is 118 cm³/mol. The lowest BCUT2D eigenvalue weighted by molar-refractivity contribution is 0.210. The number of nitrogens with zero attached hydrogens (tertiary/aromatic N) is 1. The van der Waals surface area contributed by atoms with Crippen LogP contribution in [0, 0.1) is 0 Å². The van der Waals surface area contributed by atoms with Crippen LogP contribution in [0.25, 0.3) is 10.8 Å². The number of rotatable bonds is 6. The number of fused-ring (bicyclic) bond motifs is 1. The molecular formula is C25H28N2O2. The molecule has 0 bridgehead atoms. The van der Waals surface area contributed by atoms with Crippen LogP contribution in [0.15, 0.2) is 65.8 Å². The molecule has 150 valence electrons. The Labute approximate surface area is 172 Å². The van der Waals surface area contributed by atoms with E-state index in [0.717, 1.165) is 28.5 Å². The first-order valence-electron chi connectivity index (χ1n) is 10.4. The molecule has 1 aliphatic rings. The van der Waals surface area contributed by atoms with Gasteiger partial charge in [-0.25, -0.2) is 0 Å². The summed E-state index contributed by atoms with van der Waals surface area (Å²) < 4.78 is 6.08. The van der Waals surface area contributed by atoms with Crippen molar-refractivity contribution in [1.82, 2.24) is 0 Å². The summed E-state index contributed by atoms with van der Waals surface area (Å²) in [6.07, 6.45) is 6.27. The molecule has 29 heavy (non-hydrogen) atoms. The molecule has 0 amide bonds. The van der Waals surface area contributed by atoms with Crippen molar-refractivity contribution >= 4 is 16.6 Å². The van der Waals surface area contributed by atoms with Crippen molar-refractivity contribution in [2.24, 2.45) is 10.9 Å². The summed E-state index contributed by atoms with van der Waals surface area (Å²) in [5, 5.41) is 14.3. The SMILES string of the molecule is CC(Cc1ccc2ccc(/C(N)=N/O)cc2c1)c1ccc(OC2CCCC2)cc1. The van der Waals surface area contributed by atoms with E-state index >= 15 is 0 Å². The number of benzene rings is 3. The average molecular weight is 389 g/mol. The maximum absolute atomic E-state index is 8.91. The molecule has 1 saturated carbocycles. The first kappa shape index (κ1) is 19.3. The summed E-state index contributed by atoms with van der Waals surface area (Å²) in [5.74, 6) is 1.51. The summed E-state index contributed by atoms with van der Waals surface area (Å²) in [5.41, 5.74) is 9.04. The van der Waals surface area contributed by atoms with Gasteiger partial charge in [-0.15, -0.1) is 0 Å². The molecule has 0 spiro atoms. The number of amidine groups is 1. The smallest absolute Gasteiger partial charge is 0.170 e. The topological polar surface area (TPSA) is 67.8 Å². The van der Waals surface area contributed by atoms with E-state index in [1.807, 2.05) is 18.2 Å². The first-order chi connectivity index (χ1) is 14.1. The van der Waals surface area contributed by atoms with E-state index in [1.54, 1.807) is 0 Å². The molecule has 4 rings (SSSR count). The fourth-order valence-corrected chi connectivity index (χ4v) is 4.19. The monoisotopic (exact) mass is 388 g/mol. The highest BCUT2D eigenvalue weighted by molar-refractivity contribution is 6.00. The summed E-state index contributed by atoms with van der Waals surface area (Å²) in [6, 6.07) is 20.9. The van der Waals surface area contributed by atoms with E-state index in [1.165, 1.54) is 36.8 Å². The second-order valence-corrected chi connectivity index (χ2v) is 8.08. The number of ether oxygens (including phenoxy) is 1. The number of hydrogen-bond donors (Lipinski definition) is 2. The normalized spacial score (nSPS) is 16.2. The maximum Gasteiger partial charge on any atom is 0.170 e. The third-order valence-electron chi connectivity index (χ3n) is 5.90. The van der Waals surface area contributed by atoms with Gasteiger partial charge in [-0.1, -0.05) is 54.5 Å². The van der Waals surface area contributed by atoms with Crippen LogP contribution in [-0.2, 0) is 6.42 Å². The highest BCUT2D eigenvalue weighted by atomic mass is 16.5. The van der Waals surface area contributed by atoms with Crippen molar-refractivity contribution in [2.75, 3.05) is 0 Å². The van der Waals surface area contributed by atoms with Gasteiger partial charge in [-0.2, -0.15) is 0 Å². The van der Waals surface area contributed by atoms with Crippen molar-refractivity contribution in [3.8, 4) is 5.75 Å². The predicted octanol–water partition coefficient (Wildman–Crippen LogP) is 5.60. The zero-order valence-corrected chi connectivity index (χ0v) is 16.8. The van der Waals surface area contributed by atoms with Crippen LogP contribution >= 0.6 is 0 Å². The van der Waals surface area contributed by atoms with Crippen LogP contribution in [0.4, 0.5) is 0 Å². The lowest BCUT2D eigenvalue weighted by Crippen LogP contribution is -2.12. The lowest BCUT2D eigenvalue weighted by atomic mass is 9.92. The van der Waals surface area contributed by atoms with Gasteiger partial charge in [0.05, 0.1) is 6.10 Å². The van der Waals surface area contributed by atoms with Crippen LogP contribution < -0.4 is 10.5 Å². The Morgan fingerprint density at radius 1 is 1.03 bits per heavy atom. The van der Waals surface area contributed by atoms with E-state index in [4.69, 9.17) is 15.7 Å². The molecule has 3 aromatic rings. The van der Waals surface area contributed by atoms with E-state index in [9.17, 15) is 0 Å². The van der Waals surface area contributed by atoms with Crippen LogP contribution in [0.3, 0.4) is 0 Å². The van der Waals surface area contributed by atoms with Crippen molar-refractivity contribution in [2.45, 2.75) is 51.0 Å². The number of oxime groups is 1. The fourth-order valence-electron chi connectivity index (χ4n) is 4.19. The summed E-state index contributed by atoms with van der Waals surface area (Å²) >= 11 is 0. The second-order valence-electron chi connectivity index (χ2n) is 8.08. The van der Waals surface area contributed by atoms with Gasteiger partial charge in [-0.05, 0) is 78.1 Å². The largest absolute Gasteiger partial charge is 0.490 e. The van der Waals surface area contributed by atoms with Gasteiger partial charge < -0.3 is 15.7 Å². The molecule has 3 aromatic carbocycles. The van der Waals surface area contributed by atoms with Gasteiger partial charge in [0.2, 0.25) is 0 Å². The zero-order valence-electron chi connectivity index (χ0n) is 16.8. The standard InChI is InChI=1S/C25H28N2O2/c1-17(19-10-12-24(13-11-19)29-23-4-2-3-5-23)14-18-6-7-20-8-9-21(25(26)27-28)16-22(20)15-18/h6-13,15-17,23,28H,2-5,14H2,1H3,(H2,26,27). The Kier molecular flexibility index (Phi) is 5.70. The van der Waals surface area contributed by atoms with Gasteiger partial charge in [0.25, 0.3) is 0 Å². The fraction of sp³-hybridized carbons (Fsp3) is 0.320. The van der Waals surface area contributed by atoms with E-state index in [2.05, 4.69) is 54.5 Å². The zero-order chi connectivity index (χ0) is 20.2. The van der Waals surface area contributed by atoms with Gasteiger partial charge in [0, 0.05) is 5.56 Å². The molecular weight excluding hydrogens is 360 g/mol. The molecule has 4 nitrogen and oxygen atoms in total. The highest BCUT2D eigenvalue weighted by Crippen LogP contribution is 2.28. The van der Waals surface area contributed by atoms with Gasteiger partial charge in [0.15, 0.2) is 5.84 Å². The molecule has 1 aliphatic carbocycles. The average Bonchev–Trinajstić information content (AvgIpc) is 3.26. The minimum atomic E-state index is 0.130. The Morgan fingerprint density at radius 2 is 1.76 bits per heavy atom. The third-order valence-corrected chi connectivity index (χ3v) is 5.90. The van der Waals surface area contributed by atoms with Crippen LogP contribution in [0.5, 0.6) is 5.75 Å². The molecule has 1 fully saturated rings. The van der Waals surface area contributed by atoms with Gasteiger partial charge in [-0.3, -0.25) is 0 Å². The molecule has 0 heterocycles. The maximum atomic E-state index is 8.91. The van der Waals surface area contributed by atoms with Crippen molar-refractivity contribution in [3.63, 3.8) is 0 Å². The summed E-state index contributed by atoms with van der Waals surface area (Å²) in [7, 11) is 0. The molecule has 1 unspecified atom stereocenters. The first-order valence-corrected chi connectivity index (χ1v) is 10.4. The van der Waals surface area contributed by atoms with E-state index in [0.29, 0.717) is 12.0 Å². The molecule has 0 aromatic heterocycles. The molecule has 3 N–H and O–H groups in total.